The van der Waals surface area contributed by atoms with Crippen molar-refractivity contribution in [3.05, 3.63) is 29.3 Å². The SMILES string of the molecule is CCOc1ccc(C)cc1C(C)NC(=O)C(=O)N1CCNCC1. The van der Waals surface area contributed by atoms with Crippen molar-refractivity contribution >= 4 is 11.8 Å². The van der Waals surface area contributed by atoms with Crippen LogP contribution in [0.15, 0.2) is 18.2 Å². The first-order valence-electron chi connectivity index (χ1n) is 8.06. The molecular weight excluding hydrogens is 294 g/mol. The van der Waals surface area contributed by atoms with Crippen molar-refractivity contribution < 1.29 is 14.3 Å². The Kier molecular flexibility index (Phi) is 5.98. The normalized spacial score (nSPS) is 15.9. The van der Waals surface area contributed by atoms with E-state index in [1.54, 1.807) is 4.90 Å². The first-order valence-corrected chi connectivity index (χ1v) is 8.06. The third kappa shape index (κ3) is 4.45. The van der Waals surface area contributed by atoms with Crippen LogP contribution in [0.1, 0.15) is 31.0 Å². The van der Waals surface area contributed by atoms with Crippen LogP contribution in [0.4, 0.5) is 0 Å². The Labute approximate surface area is 137 Å². The molecule has 1 atom stereocenters. The summed E-state index contributed by atoms with van der Waals surface area (Å²) in [5, 5.41) is 5.95. The minimum Gasteiger partial charge on any atom is -0.494 e. The zero-order chi connectivity index (χ0) is 16.8. The van der Waals surface area contributed by atoms with Gasteiger partial charge < -0.3 is 20.3 Å². The molecule has 1 aliphatic rings. The standard InChI is InChI=1S/C17H25N3O3/c1-4-23-15-6-5-12(2)11-14(15)13(3)19-16(21)17(22)20-9-7-18-8-10-20/h5-6,11,13,18H,4,7-10H2,1-3H3,(H,19,21). The Morgan fingerprint density at radius 2 is 2.04 bits per heavy atom. The van der Waals surface area contributed by atoms with E-state index in [4.69, 9.17) is 4.74 Å². The molecule has 6 heteroatoms. The van der Waals surface area contributed by atoms with Gasteiger partial charge in [0.15, 0.2) is 0 Å². The van der Waals surface area contributed by atoms with E-state index in [9.17, 15) is 9.59 Å². The highest BCUT2D eigenvalue weighted by Gasteiger charge is 2.25. The summed E-state index contributed by atoms with van der Waals surface area (Å²) in [4.78, 5) is 26.0. The molecule has 0 aliphatic carbocycles. The van der Waals surface area contributed by atoms with Gasteiger partial charge in [-0.05, 0) is 26.8 Å². The third-order valence-electron chi connectivity index (χ3n) is 3.88. The Bertz CT molecular complexity index is 568. The van der Waals surface area contributed by atoms with E-state index in [1.807, 2.05) is 39.0 Å². The van der Waals surface area contributed by atoms with E-state index < -0.39 is 11.8 Å². The van der Waals surface area contributed by atoms with E-state index in [0.717, 1.165) is 30.0 Å². The number of hydrogen-bond acceptors (Lipinski definition) is 4. The summed E-state index contributed by atoms with van der Waals surface area (Å²) in [5.74, 6) is -0.298. The molecule has 2 N–H and O–H groups in total. The minimum atomic E-state index is -0.566. The summed E-state index contributed by atoms with van der Waals surface area (Å²) in [5.41, 5.74) is 1.96. The molecule has 1 fully saturated rings. The molecule has 0 saturated carbocycles. The summed E-state index contributed by atoms with van der Waals surface area (Å²) in [6.07, 6.45) is 0. The molecule has 2 rings (SSSR count). The topological polar surface area (TPSA) is 70.7 Å². The van der Waals surface area contributed by atoms with Crippen LogP contribution in [0.3, 0.4) is 0 Å². The summed E-state index contributed by atoms with van der Waals surface area (Å²) < 4.78 is 5.62. The average Bonchev–Trinajstić information content (AvgIpc) is 2.56. The predicted molar refractivity (Wildman–Crippen MR) is 88.4 cm³/mol. The lowest BCUT2D eigenvalue weighted by Gasteiger charge is -2.27. The second-order valence-electron chi connectivity index (χ2n) is 5.71. The van der Waals surface area contributed by atoms with Gasteiger partial charge in [-0.2, -0.15) is 0 Å². The van der Waals surface area contributed by atoms with Gasteiger partial charge in [0.2, 0.25) is 0 Å². The molecule has 1 aromatic carbocycles. The van der Waals surface area contributed by atoms with E-state index in [0.29, 0.717) is 19.7 Å². The van der Waals surface area contributed by atoms with E-state index in [-0.39, 0.29) is 6.04 Å². The molecule has 126 valence electrons. The second-order valence-corrected chi connectivity index (χ2v) is 5.71. The average molecular weight is 319 g/mol. The fourth-order valence-corrected chi connectivity index (χ4v) is 2.64. The summed E-state index contributed by atoms with van der Waals surface area (Å²) >= 11 is 0. The molecule has 23 heavy (non-hydrogen) atoms. The predicted octanol–water partition coefficient (Wildman–Crippen LogP) is 1.00. The first-order chi connectivity index (χ1) is 11.0. The summed E-state index contributed by atoms with van der Waals surface area (Å²) in [6, 6.07) is 5.55. The van der Waals surface area contributed by atoms with Crippen LogP contribution < -0.4 is 15.4 Å². The Balaban J connectivity index is 2.05. The van der Waals surface area contributed by atoms with Crippen LogP contribution in [-0.4, -0.2) is 49.5 Å². The van der Waals surface area contributed by atoms with Gasteiger partial charge >= 0.3 is 11.8 Å². The maximum atomic E-state index is 12.2. The van der Waals surface area contributed by atoms with Crippen LogP contribution in [0.2, 0.25) is 0 Å². The summed E-state index contributed by atoms with van der Waals surface area (Å²) in [6.45, 7) is 8.89. The molecule has 6 nitrogen and oxygen atoms in total. The molecule has 1 unspecified atom stereocenters. The number of nitrogens with zero attached hydrogens (tertiary/aromatic N) is 1. The van der Waals surface area contributed by atoms with Crippen LogP contribution in [-0.2, 0) is 9.59 Å². The summed E-state index contributed by atoms with van der Waals surface area (Å²) in [7, 11) is 0. The largest absolute Gasteiger partial charge is 0.494 e. The number of rotatable bonds is 4. The number of ether oxygens (including phenoxy) is 1. The lowest BCUT2D eigenvalue weighted by molar-refractivity contribution is -0.146. The Morgan fingerprint density at radius 3 is 2.70 bits per heavy atom. The maximum absolute atomic E-state index is 12.2. The van der Waals surface area contributed by atoms with E-state index in [1.165, 1.54) is 0 Å². The van der Waals surface area contributed by atoms with Crippen molar-refractivity contribution in [2.45, 2.75) is 26.8 Å². The molecule has 0 spiro atoms. The third-order valence-corrected chi connectivity index (χ3v) is 3.88. The Hall–Kier alpha value is -2.08. The second kappa shape index (κ2) is 7.97. The van der Waals surface area contributed by atoms with E-state index >= 15 is 0 Å². The number of nitrogens with one attached hydrogen (secondary N) is 2. The molecule has 2 amide bonds. The zero-order valence-corrected chi connectivity index (χ0v) is 14.0. The molecule has 1 saturated heterocycles. The fraction of sp³-hybridized carbons (Fsp3) is 0.529. The van der Waals surface area contributed by atoms with Gasteiger partial charge in [0.05, 0.1) is 12.6 Å². The number of piperazine rings is 1. The van der Waals surface area contributed by atoms with Crippen LogP contribution in [0.25, 0.3) is 0 Å². The number of aryl methyl sites for hydroxylation is 1. The number of carbonyl (C=O) groups excluding carboxylic acids is 2. The number of carbonyl (C=O) groups is 2. The van der Waals surface area contributed by atoms with Crippen LogP contribution in [0, 0.1) is 6.92 Å². The smallest absolute Gasteiger partial charge is 0.311 e. The molecule has 0 radical (unpaired) electrons. The minimum absolute atomic E-state index is 0.296. The number of benzene rings is 1. The molecule has 0 bridgehead atoms. The van der Waals surface area contributed by atoms with Crippen LogP contribution in [0.5, 0.6) is 5.75 Å². The lowest BCUT2D eigenvalue weighted by Crippen LogP contribution is -2.51. The van der Waals surface area contributed by atoms with Crippen LogP contribution >= 0.6 is 0 Å². The molecule has 1 aliphatic heterocycles. The maximum Gasteiger partial charge on any atom is 0.311 e. The molecule has 1 heterocycles. The van der Waals surface area contributed by atoms with Crippen molar-refractivity contribution in [1.82, 2.24) is 15.5 Å². The molecule has 1 aromatic rings. The fourth-order valence-electron chi connectivity index (χ4n) is 2.64. The molecular formula is C17H25N3O3. The van der Waals surface area contributed by atoms with Crippen molar-refractivity contribution in [2.24, 2.45) is 0 Å². The number of amides is 2. The van der Waals surface area contributed by atoms with Crippen molar-refractivity contribution in [3.8, 4) is 5.75 Å². The van der Waals surface area contributed by atoms with Gasteiger partial charge in [-0.25, -0.2) is 0 Å². The monoisotopic (exact) mass is 319 g/mol. The van der Waals surface area contributed by atoms with Gasteiger partial charge in [0, 0.05) is 31.7 Å². The quantitative estimate of drug-likeness (QED) is 0.813. The van der Waals surface area contributed by atoms with Crippen molar-refractivity contribution in [2.75, 3.05) is 32.8 Å². The van der Waals surface area contributed by atoms with E-state index in [2.05, 4.69) is 10.6 Å². The van der Waals surface area contributed by atoms with Gasteiger partial charge in [0.25, 0.3) is 0 Å². The zero-order valence-electron chi connectivity index (χ0n) is 14.0. The number of hydrogen-bond donors (Lipinski definition) is 2. The molecule has 0 aromatic heterocycles. The highest BCUT2D eigenvalue weighted by Crippen LogP contribution is 2.26. The highest BCUT2D eigenvalue weighted by atomic mass is 16.5. The van der Waals surface area contributed by atoms with Gasteiger partial charge in [0.1, 0.15) is 5.75 Å². The first kappa shape index (κ1) is 17.3. The van der Waals surface area contributed by atoms with Crippen molar-refractivity contribution in [3.63, 3.8) is 0 Å². The van der Waals surface area contributed by atoms with Gasteiger partial charge in [-0.3, -0.25) is 9.59 Å². The lowest BCUT2D eigenvalue weighted by atomic mass is 10.0. The van der Waals surface area contributed by atoms with Crippen molar-refractivity contribution in [1.29, 1.82) is 0 Å². The van der Waals surface area contributed by atoms with Gasteiger partial charge in [-0.1, -0.05) is 17.7 Å². The van der Waals surface area contributed by atoms with Gasteiger partial charge in [-0.15, -0.1) is 0 Å². The Morgan fingerprint density at radius 1 is 1.35 bits per heavy atom. The highest BCUT2D eigenvalue weighted by molar-refractivity contribution is 6.35.